The molecule has 9 heteroatoms. The van der Waals surface area contributed by atoms with Crippen molar-refractivity contribution in [2.24, 2.45) is 0 Å². The molecule has 1 N–H and O–H groups in total. The summed E-state index contributed by atoms with van der Waals surface area (Å²) in [5, 5.41) is 13.8. The van der Waals surface area contributed by atoms with Crippen LogP contribution in [-0.2, 0) is 12.6 Å². The summed E-state index contributed by atoms with van der Waals surface area (Å²) in [4.78, 5) is 2.32. The van der Waals surface area contributed by atoms with E-state index in [9.17, 15) is 13.2 Å². The molecule has 1 aliphatic heterocycles. The Morgan fingerprint density at radius 2 is 1.96 bits per heavy atom. The summed E-state index contributed by atoms with van der Waals surface area (Å²) in [6.07, 6.45) is -2.46. The van der Waals surface area contributed by atoms with Gasteiger partial charge in [-0.3, -0.25) is 0 Å². The van der Waals surface area contributed by atoms with Gasteiger partial charge in [-0.1, -0.05) is 18.2 Å². The van der Waals surface area contributed by atoms with Gasteiger partial charge in [0.1, 0.15) is 5.82 Å². The van der Waals surface area contributed by atoms with Crippen LogP contribution in [0.25, 0.3) is 5.65 Å². The van der Waals surface area contributed by atoms with Crippen molar-refractivity contribution < 1.29 is 13.2 Å². The number of nitrogens with one attached hydrogen (secondary N) is 1. The molecule has 0 radical (unpaired) electrons. The number of hydrogen-bond donors (Lipinski definition) is 1. The molecule has 3 aromatic rings. The molecule has 0 fully saturated rings. The largest absolute Gasteiger partial charge is 0.453 e. The summed E-state index contributed by atoms with van der Waals surface area (Å²) in [6, 6.07) is 11.8. The minimum Gasteiger partial charge on any atom is -0.367 e. The predicted molar refractivity (Wildman–Crippen MR) is 95.8 cm³/mol. The van der Waals surface area contributed by atoms with Crippen LogP contribution in [0.2, 0.25) is 0 Å². The molecule has 4 rings (SSSR count). The molecule has 0 bridgehead atoms. The number of aryl methyl sites for hydroxylation is 1. The van der Waals surface area contributed by atoms with Crippen LogP contribution in [0.5, 0.6) is 0 Å². The van der Waals surface area contributed by atoms with Crippen molar-refractivity contribution in [2.45, 2.75) is 32.0 Å². The van der Waals surface area contributed by atoms with Crippen LogP contribution in [0, 0.1) is 0 Å². The third-order valence-corrected chi connectivity index (χ3v) is 4.84. The molecule has 1 atom stereocenters. The lowest BCUT2D eigenvalue weighted by Crippen LogP contribution is -2.40. The van der Waals surface area contributed by atoms with E-state index in [1.807, 2.05) is 12.1 Å². The maximum atomic E-state index is 13.0. The summed E-state index contributed by atoms with van der Waals surface area (Å²) >= 11 is 0. The van der Waals surface area contributed by atoms with Crippen LogP contribution in [0.15, 0.2) is 36.4 Å². The molecule has 0 saturated heterocycles. The fourth-order valence-electron chi connectivity index (χ4n) is 3.47. The van der Waals surface area contributed by atoms with Crippen LogP contribution in [-0.4, -0.2) is 38.9 Å². The van der Waals surface area contributed by atoms with E-state index in [2.05, 4.69) is 44.6 Å². The van der Waals surface area contributed by atoms with Crippen molar-refractivity contribution in [3.8, 4) is 0 Å². The van der Waals surface area contributed by atoms with E-state index in [-0.39, 0.29) is 5.65 Å². The molecular formula is C18H19F3N6. The van der Waals surface area contributed by atoms with E-state index < -0.39 is 12.0 Å². The molecule has 1 aromatic carbocycles. The number of rotatable bonds is 4. The van der Waals surface area contributed by atoms with Crippen LogP contribution in [0.4, 0.5) is 24.7 Å². The highest BCUT2D eigenvalue weighted by molar-refractivity contribution is 5.56. The van der Waals surface area contributed by atoms with Crippen molar-refractivity contribution in [3.05, 3.63) is 47.8 Å². The summed E-state index contributed by atoms with van der Waals surface area (Å²) in [5.74, 6) is -0.773. The van der Waals surface area contributed by atoms with E-state index in [0.29, 0.717) is 18.4 Å². The Balaban J connectivity index is 1.48. The van der Waals surface area contributed by atoms with Gasteiger partial charge in [0.15, 0.2) is 5.65 Å². The Morgan fingerprint density at radius 3 is 2.78 bits per heavy atom. The molecule has 0 unspecified atom stereocenters. The fraction of sp³-hybridized carbons (Fsp3) is 0.389. The first-order valence-electron chi connectivity index (χ1n) is 8.81. The average molecular weight is 376 g/mol. The van der Waals surface area contributed by atoms with Crippen molar-refractivity contribution in [1.29, 1.82) is 0 Å². The topological polar surface area (TPSA) is 58.3 Å². The number of hydrogen-bond acceptors (Lipinski definition) is 5. The SMILES string of the molecule is C[C@@H]1CCc2ccccc2N1CCNc1ccc2nnc(C(F)(F)F)n2n1. The van der Waals surface area contributed by atoms with Crippen molar-refractivity contribution in [1.82, 2.24) is 19.8 Å². The zero-order valence-corrected chi connectivity index (χ0v) is 14.7. The number of alkyl halides is 3. The molecule has 142 valence electrons. The molecular weight excluding hydrogens is 357 g/mol. The molecule has 0 aliphatic carbocycles. The summed E-state index contributed by atoms with van der Waals surface area (Å²) < 4.78 is 39.6. The van der Waals surface area contributed by atoms with Crippen LogP contribution < -0.4 is 10.2 Å². The molecule has 0 spiro atoms. The van der Waals surface area contributed by atoms with Crippen LogP contribution in [0.1, 0.15) is 24.7 Å². The lowest BCUT2D eigenvalue weighted by molar-refractivity contribution is -0.146. The quantitative estimate of drug-likeness (QED) is 0.756. The first-order chi connectivity index (χ1) is 12.9. The Morgan fingerprint density at radius 1 is 1.15 bits per heavy atom. The second-order valence-electron chi connectivity index (χ2n) is 6.65. The minimum absolute atomic E-state index is 0.0615. The third kappa shape index (κ3) is 3.41. The highest BCUT2D eigenvalue weighted by Crippen LogP contribution is 2.30. The maximum absolute atomic E-state index is 13.0. The molecule has 27 heavy (non-hydrogen) atoms. The Kier molecular flexibility index (Phi) is 4.37. The zero-order valence-electron chi connectivity index (χ0n) is 14.7. The van der Waals surface area contributed by atoms with Gasteiger partial charge in [-0.15, -0.1) is 15.3 Å². The number of nitrogens with zero attached hydrogens (tertiary/aromatic N) is 5. The summed E-state index contributed by atoms with van der Waals surface area (Å²) in [7, 11) is 0. The van der Waals surface area contributed by atoms with Gasteiger partial charge < -0.3 is 10.2 Å². The van der Waals surface area contributed by atoms with E-state index >= 15 is 0 Å². The molecule has 6 nitrogen and oxygen atoms in total. The van der Waals surface area contributed by atoms with E-state index in [0.717, 1.165) is 23.9 Å². The van der Waals surface area contributed by atoms with Gasteiger partial charge in [-0.25, -0.2) is 0 Å². The van der Waals surface area contributed by atoms with E-state index in [1.54, 1.807) is 6.07 Å². The molecule has 1 aliphatic rings. The number of aromatic nitrogens is 4. The lowest BCUT2D eigenvalue weighted by Gasteiger charge is -2.37. The van der Waals surface area contributed by atoms with Gasteiger partial charge in [-0.2, -0.15) is 17.7 Å². The second-order valence-corrected chi connectivity index (χ2v) is 6.65. The van der Waals surface area contributed by atoms with E-state index in [4.69, 9.17) is 0 Å². The van der Waals surface area contributed by atoms with Crippen molar-refractivity contribution >= 4 is 17.2 Å². The maximum Gasteiger partial charge on any atom is 0.453 e. The normalized spacial score (nSPS) is 17.2. The van der Waals surface area contributed by atoms with Gasteiger partial charge in [-0.05, 0) is 43.5 Å². The minimum atomic E-state index is -4.60. The number of halogens is 3. The van der Waals surface area contributed by atoms with Gasteiger partial charge >= 0.3 is 6.18 Å². The smallest absolute Gasteiger partial charge is 0.367 e. The Labute approximate surface area is 154 Å². The van der Waals surface area contributed by atoms with Crippen molar-refractivity contribution in [2.75, 3.05) is 23.3 Å². The van der Waals surface area contributed by atoms with Gasteiger partial charge in [0.05, 0.1) is 0 Å². The summed E-state index contributed by atoms with van der Waals surface area (Å²) in [5.41, 5.74) is 2.61. The monoisotopic (exact) mass is 376 g/mol. The lowest BCUT2D eigenvalue weighted by atomic mass is 9.97. The molecule has 3 heterocycles. The summed E-state index contributed by atoms with van der Waals surface area (Å²) in [6.45, 7) is 3.47. The third-order valence-electron chi connectivity index (χ3n) is 4.84. The average Bonchev–Trinajstić information content (AvgIpc) is 3.07. The van der Waals surface area contributed by atoms with Gasteiger partial charge in [0, 0.05) is 24.8 Å². The van der Waals surface area contributed by atoms with Crippen molar-refractivity contribution in [3.63, 3.8) is 0 Å². The molecule has 0 amide bonds. The van der Waals surface area contributed by atoms with Gasteiger partial charge in [0.25, 0.3) is 5.82 Å². The fourth-order valence-corrected chi connectivity index (χ4v) is 3.47. The van der Waals surface area contributed by atoms with Crippen LogP contribution >= 0.6 is 0 Å². The second kappa shape index (κ2) is 6.71. The number of benzene rings is 1. The number of fused-ring (bicyclic) bond motifs is 2. The first kappa shape index (κ1) is 17.6. The number of para-hydroxylation sites is 1. The predicted octanol–water partition coefficient (Wildman–Crippen LogP) is 3.40. The zero-order chi connectivity index (χ0) is 19.0. The molecule has 0 saturated carbocycles. The first-order valence-corrected chi connectivity index (χ1v) is 8.81. The van der Waals surface area contributed by atoms with E-state index in [1.165, 1.54) is 17.3 Å². The Bertz CT molecular complexity index is 952. The van der Waals surface area contributed by atoms with Crippen LogP contribution in [0.3, 0.4) is 0 Å². The number of anilines is 2. The Hall–Kier alpha value is -2.84. The molecule has 2 aromatic heterocycles. The van der Waals surface area contributed by atoms with Gasteiger partial charge in [0.2, 0.25) is 0 Å². The highest BCUT2D eigenvalue weighted by Gasteiger charge is 2.37. The standard InChI is InChI=1S/C18H19F3N6/c1-12-6-7-13-4-2-3-5-14(13)26(12)11-10-22-15-8-9-16-23-24-17(18(19,20)21)27(16)25-15/h2-5,8-9,12H,6-7,10-11H2,1H3,(H,22,25)/t12-/m1/s1. The highest BCUT2D eigenvalue weighted by atomic mass is 19.4.